The summed E-state index contributed by atoms with van der Waals surface area (Å²) in [5.41, 5.74) is 2.07. The zero-order valence-electron chi connectivity index (χ0n) is 8.01. The summed E-state index contributed by atoms with van der Waals surface area (Å²) in [4.78, 5) is 10.9. The summed E-state index contributed by atoms with van der Waals surface area (Å²) in [7, 11) is 0. The molecule has 1 aromatic rings. The molecule has 0 bridgehead atoms. The van der Waals surface area contributed by atoms with E-state index in [4.69, 9.17) is 0 Å². The molecular formula is C11H12FNO. The van der Waals surface area contributed by atoms with Crippen molar-refractivity contribution in [3.8, 4) is 0 Å². The number of halogens is 1. The molecule has 0 saturated carbocycles. The molecule has 0 radical (unpaired) electrons. The van der Waals surface area contributed by atoms with E-state index in [1.165, 1.54) is 19.1 Å². The number of hydrogen-bond donors (Lipinski definition) is 1. The monoisotopic (exact) mass is 193 g/mol. The summed E-state index contributed by atoms with van der Waals surface area (Å²) in [5, 5.41) is 2.82. The molecular weight excluding hydrogens is 181 g/mol. The SMILES string of the molecule is CC(=O)NC1CCc2ccc(F)cc21. The standard InChI is InChI=1S/C11H12FNO/c1-7(14)13-11-5-3-8-2-4-9(12)6-10(8)11/h2,4,6,11H,3,5H2,1H3,(H,13,14). The maximum absolute atomic E-state index is 13.0. The minimum Gasteiger partial charge on any atom is -0.350 e. The number of amides is 1. The van der Waals surface area contributed by atoms with Gasteiger partial charge in [-0.05, 0) is 36.1 Å². The van der Waals surface area contributed by atoms with Crippen LogP contribution in [0.4, 0.5) is 4.39 Å². The molecule has 1 amide bonds. The number of benzene rings is 1. The van der Waals surface area contributed by atoms with Gasteiger partial charge in [0.15, 0.2) is 0 Å². The van der Waals surface area contributed by atoms with E-state index < -0.39 is 0 Å². The molecule has 1 N–H and O–H groups in total. The van der Waals surface area contributed by atoms with E-state index >= 15 is 0 Å². The molecule has 0 spiro atoms. The van der Waals surface area contributed by atoms with Crippen molar-refractivity contribution in [1.29, 1.82) is 0 Å². The first kappa shape index (κ1) is 9.19. The molecule has 3 heteroatoms. The van der Waals surface area contributed by atoms with Crippen molar-refractivity contribution in [3.05, 3.63) is 35.1 Å². The number of carbonyl (C=O) groups excluding carboxylic acids is 1. The van der Waals surface area contributed by atoms with E-state index in [0.29, 0.717) is 0 Å². The fourth-order valence-electron chi connectivity index (χ4n) is 1.97. The first-order chi connectivity index (χ1) is 6.66. The quantitative estimate of drug-likeness (QED) is 0.725. The van der Waals surface area contributed by atoms with Gasteiger partial charge in [-0.3, -0.25) is 4.79 Å². The van der Waals surface area contributed by atoms with Crippen molar-refractivity contribution < 1.29 is 9.18 Å². The number of hydrogen-bond acceptors (Lipinski definition) is 1. The minimum absolute atomic E-state index is 0.00167. The van der Waals surface area contributed by atoms with Crippen molar-refractivity contribution in [2.75, 3.05) is 0 Å². The van der Waals surface area contributed by atoms with Gasteiger partial charge < -0.3 is 5.32 Å². The average Bonchev–Trinajstić information content (AvgIpc) is 2.47. The third-order valence-corrected chi connectivity index (χ3v) is 2.56. The Labute approximate surface area is 82.1 Å². The maximum atomic E-state index is 13.0. The van der Waals surface area contributed by atoms with Gasteiger partial charge in [-0.15, -0.1) is 0 Å². The van der Waals surface area contributed by atoms with Crippen LogP contribution in [0.5, 0.6) is 0 Å². The van der Waals surface area contributed by atoms with Crippen LogP contribution in [-0.2, 0) is 11.2 Å². The summed E-state index contributed by atoms with van der Waals surface area (Å²) < 4.78 is 13.0. The minimum atomic E-state index is -0.235. The van der Waals surface area contributed by atoms with Gasteiger partial charge in [0.1, 0.15) is 5.82 Å². The summed E-state index contributed by atoms with van der Waals surface area (Å²) in [5.74, 6) is -0.298. The van der Waals surface area contributed by atoms with Gasteiger partial charge in [-0.2, -0.15) is 0 Å². The maximum Gasteiger partial charge on any atom is 0.217 e. The van der Waals surface area contributed by atoms with Crippen molar-refractivity contribution >= 4 is 5.91 Å². The predicted molar refractivity (Wildman–Crippen MR) is 51.3 cm³/mol. The molecule has 74 valence electrons. The number of nitrogens with one attached hydrogen (secondary N) is 1. The fourth-order valence-corrected chi connectivity index (χ4v) is 1.97. The highest BCUT2D eigenvalue weighted by molar-refractivity contribution is 5.73. The van der Waals surface area contributed by atoms with Gasteiger partial charge in [-0.25, -0.2) is 4.39 Å². The van der Waals surface area contributed by atoms with E-state index in [1.54, 1.807) is 6.07 Å². The highest BCUT2D eigenvalue weighted by atomic mass is 19.1. The molecule has 0 saturated heterocycles. The smallest absolute Gasteiger partial charge is 0.217 e. The van der Waals surface area contributed by atoms with Crippen LogP contribution in [0, 0.1) is 5.82 Å². The predicted octanol–water partition coefficient (Wildman–Crippen LogP) is 1.95. The Balaban J connectivity index is 2.28. The van der Waals surface area contributed by atoms with Gasteiger partial charge in [0.2, 0.25) is 5.91 Å². The molecule has 14 heavy (non-hydrogen) atoms. The lowest BCUT2D eigenvalue weighted by Gasteiger charge is -2.12. The lowest BCUT2D eigenvalue weighted by molar-refractivity contribution is -0.119. The zero-order chi connectivity index (χ0) is 10.1. The number of carbonyl (C=O) groups is 1. The van der Waals surface area contributed by atoms with Crippen LogP contribution in [0.3, 0.4) is 0 Å². The molecule has 1 unspecified atom stereocenters. The van der Waals surface area contributed by atoms with Gasteiger partial charge in [0, 0.05) is 6.92 Å². The Bertz CT molecular complexity index is 376. The molecule has 1 aromatic carbocycles. The first-order valence-corrected chi connectivity index (χ1v) is 4.72. The average molecular weight is 193 g/mol. The van der Waals surface area contributed by atoms with E-state index in [1.807, 2.05) is 0 Å². The van der Waals surface area contributed by atoms with Crippen molar-refractivity contribution in [2.24, 2.45) is 0 Å². The highest BCUT2D eigenvalue weighted by Crippen LogP contribution is 2.31. The molecule has 1 aliphatic carbocycles. The topological polar surface area (TPSA) is 29.1 Å². The Morgan fingerprint density at radius 3 is 3.07 bits per heavy atom. The zero-order valence-corrected chi connectivity index (χ0v) is 8.01. The third kappa shape index (κ3) is 1.62. The van der Waals surface area contributed by atoms with Crippen LogP contribution in [0.25, 0.3) is 0 Å². The third-order valence-electron chi connectivity index (χ3n) is 2.56. The van der Waals surface area contributed by atoms with Crippen LogP contribution in [0.2, 0.25) is 0 Å². The van der Waals surface area contributed by atoms with Crippen LogP contribution in [-0.4, -0.2) is 5.91 Å². The molecule has 0 aromatic heterocycles. The van der Waals surface area contributed by atoms with Crippen molar-refractivity contribution in [1.82, 2.24) is 5.32 Å². The Kier molecular flexibility index (Phi) is 2.23. The van der Waals surface area contributed by atoms with Gasteiger partial charge in [-0.1, -0.05) is 6.07 Å². The van der Waals surface area contributed by atoms with E-state index in [2.05, 4.69) is 5.32 Å². The second kappa shape index (κ2) is 3.40. The van der Waals surface area contributed by atoms with Gasteiger partial charge in [0.05, 0.1) is 6.04 Å². The Morgan fingerprint density at radius 1 is 1.57 bits per heavy atom. The lowest BCUT2D eigenvalue weighted by atomic mass is 10.1. The van der Waals surface area contributed by atoms with Gasteiger partial charge >= 0.3 is 0 Å². The summed E-state index contributed by atoms with van der Waals surface area (Å²) in [6.45, 7) is 1.48. The van der Waals surface area contributed by atoms with E-state index in [-0.39, 0.29) is 17.8 Å². The second-order valence-electron chi connectivity index (χ2n) is 3.63. The lowest BCUT2D eigenvalue weighted by Crippen LogP contribution is -2.24. The summed E-state index contributed by atoms with van der Waals surface area (Å²) in [6.07, 6.45) is 1.79. The molecule has 0 heterocycles. The fraction of sp³-hybridized carbons (Fsp3) is 0.364. The number of rotatable bonds is 1. The van der Waals surface area contributed by atoms with Crippen molar-refractivity contribution in [3.63, 3.8) is 0 Å². The molecule has 2 rings (SSSR count). The first-order valence-electron chi connectivity index (χ1n) is 4.72. The number of aryl methyl sites for hydroxylation is 1. The molecule has 0 aliphatic heterocycles. The van der Waals surface area contributed by atoms with Crippen LogP contribution >= 0.6 is 0 Å². The Morgan fingerprint density at radius 2 is 2.36 bits per heavy atom. The van der Waals surface area contributed by atoms with E-state index in [0.717, 1.165) is 24.0 Å². The van der Waals surface area contributed by atoms with Gasteiger partial charge in [0.25, 0.3) is 0 Å². The highest BCUT2D eigenvalue weighted by Gasteiger charge is 2.23. The second-order valence-corrected chi connectivity index (χ2v) is 3.63. The van der Waals surface area contributed by atoms with Crippen LogP contribution in [0.1, 0.15) is 30.5 Å². The van der Waals surface area contributed by atoms with Crippen molar-refractivity contribution in [2.45, 2.75) is 25.8 Å². The molecule has 1 atom stereocenters. The van der Waals surface area contributed by atoms with Crippen LogP contribution < -0.4 is 5.32 Å². The molecule has 0 fully saturated rings. The number of fused-ring (bicyclic) bond motifs is 1. The Hall–Kier alpha value is -1.38. The summed E-state index contributed by atoms with van der Waals surface area (Å²) >= 11 is 0. The van der Waals surface area contributed by atoms with Crippen LogP contribution in [0.15, 0.2) is 18.2 Å². The van der Waals surface area contributed by atoms with E-state index in [9.17, 15) is 9.18 Å². The molecule has 2 nitrogen and oxygen atoms in total. The largest absolute Gasteiger partial charge is 0.350 e. The summed E-state index contributed by atoms with van der Waals surface area (Å²) in [6, 6.07) is 4.78. The molecule has 1 aliphatic rings. The normalized spacial score (nSPS) is 19.1.